The Bertz CT molecular complexity index is 624. The summed E-state index contributed by atoms with van der Waals surface area (Å²) in [5, 5.41) is 9.35. The monoisotopic (exact) mass is 311 g/mol. The summed E-state index contributed by atoms with van der Waals surface area (Å²) in [5.41, 5.74) is 3.63. The van der Waals surface area contributed by atoms with Gasteiger partial charge in [0.15, 0.2) is 0 Å². The Morgan fingerprint density at radius 3 is 2.65 bits per heavy atom. The zero-order valence-electron chi connectivity index (χ0n) is 13.7. The number of ether oxygens (including phenoxy) is 1. The van der Waals surface area contributed by atoms with Crippen LogP contribution in [0.3, 0.4) is 0 Å². The highest BCUT2D eigenvalue weighted by Crippen LogP contribution is 2.29. The normalized spacial score (nSPS) is 18.8. The molecule has 0 radical (unpaired) electrons. The topological polar surface area (TPSA) is 32.7 Å². The lowest BCUT2D eigenvalue weighted by molar-refractivity contribution is 0.116. The van der Waals surface area contributed by atoms with Gasteiger partial charge in [-0.15, -0.1) is 0 Å². The van der Waals surface area contributed by atoms with E-state index in [2.05, 4.69) is 35.2 Å². The number of para-hydroxylation sites is 1. The molecule has 2 aromatic rings. The van der Waals surface area contributed by atoms with E-state index in [1.165, 1.54) is 17.5 Å². The number of nitrogens with zero attached hydrogens (tertiary/aromatic N) is 1. The van der Waals surface area contributed by atoms with Gasteiger partial charge in [0.05, 0.1) is 7.11 Å². The molecule has 1 heterocycles. The largest absolute Gasteiger partial charge is 0.496 e. The average Bonchev–Trinajstić information content (AvgIpc) is 2.62. The first-order valence-corrected chi connectivity index (χ1v) is 8.35. The summed E-state index contributed by atoms with van der Waals surface area (Å²) in [6.45, 7) is 3.40. The second kappa shape index (κ2) is 7.62. The standard InChI is InChI=1S/C20H25NO2/c1-23-20-7-3-2-6-19(20)18-10-8-16(9-11-18)13-21-12-4-5-17(14-21)15-22/h2-3,6-11,17,22H,4-5,12-15H2,1H3. The Morgan fingerprint density at radius 1 is 1.13 bits per heavy atom. The van der Waals surface area contributed by atoms with Crippen molar-refractivity contribution in [1.82, 2.24) is 4.90 Å². The summed E-state index contributed by atoms with van der Waals surface area (Å²) < 4.78 is 5.44. The number of aliphatic hydroxyl groups excluding tert-OH is 1. The Labute approximate surface area is 138 Å². The molecule has 0 saturated carbocycles. The molecule has 1 aliphatic heterocycles. The fourth-order valence-electron chi connectivity index (χ4n) is 3.37. The minimum Gasteiger partial charge on any atom is -0.496 e. The molecule has 0 bridgehead atoms. The second-order valence-corrected chi connectivity index (χ2v) is 6.32. The Morgan fingerprint density at radius 2 is 1.91 bits per heavy atom. The van der Waals surface area contributed by atoms with Gasteiger partial charge < -0.3 is 9.84 Å². The SMILES string of the molecule is COc1ccccc1-c1ccc(CN2CCCC(CO)C2)cc1. The molecule has 1 saturated heterocycles. The van der Waals surface area contributed by atoms with Gasteiger partial charge in [0, 0.05) is 25.3 Å². The predicted molar refractivity (Wildman–Crippen MR) is 93.5 cm³/mol. The van der Waals surface area contributed by atoms with Crippen molar-refractivity contribution in [2.24, 2.45) is 5.92 Å². The van der Waals surface area contributed by atoms with Crippen LogP contribution in [0.1, 0.15) is 18.4 Å². The molecule has 1 fully saturated rings. The summed E-state index contributed by atoms with van der Waals surface area (Å²) in [4.78, 5) is 2.45. The van der Waals surface area contributed by atoms with E-state index in [0.29, 0.717) is 12.5 Å². The van der Waals surface area contributed by atoms with Crippen LogP contribution in [0.15, 0.2) is 48.5 Å². The van der Waals surface area contributed by atoms with Crippen LogP contribution in [0.4, 0.5) is 0 Å². The summed E-state index contributed by atoms with van der Waals surface area (Å²) in [7, 11) is 1.71. The van der Waals surface area contributed by atoms with E-state index in [-0.39, 0.29) is 0 Å². The third-order valence-electron chi connectivity index (χ3n) is 4.64. The Hall–Kier alpha value is -1.84. The molecule has 1 unspecified atom stereocenters. The summed E-state index contributed by atoms with van der Waals surface area (Å²) in [5.74, 6) is 1.35. The van der Waals surface area contributed by atoms with Gasteiger partial charge in [0.1, 0.15) is 5.75 Å². The summed E-state index contributed by atoms with van der Waals surface area (Å²) in [6.07, 6.45) is 2.34. The number of piperidine rings is 1. The zero-order valence-corrected chi connectivity index (χ0v) is 13.7. The molecule has 0 aliphatic carbocycles. The van der Waals surface area contributed by atoms with Gasteiger partial charge in [0.2, 0.25) is 0 Å². The summed E-state index contributed by atoms with van der Waals surface area (Å²) >= 11 is 0. The van der Waals surface area contributed by atoms with Gasteiger partial charge in [-0.05, 0) is 42.5 Å². The number of likely N-dealkylation sites (tertiary alicyclic amines) is 1. The lowest BCUT2D eigenvalue weighted by atomic mass is 9.98. The van der Waals surface area contributed by atoms with Crippen molar-refractivity contribution in [1.29, 1.82) is 0 Å². The first-order chi connectivity index (χ1) is 11.3. The van der Waals surface area contributed by atoms with Gasteiger partial charge >= 0.3 is 0 Å². The predicted octanol–water partition coefficient (Wildman–Crippen LogP) is 3.57. The number of methoxy groups -OCH3 is 1. The van der Waals surface area contributed by atoms with Crippen LogP contribution in [-0.4, -0.2) is 36.8 Å². The number of hydrogen-bond donors (Lipinski definition) is 1. The van der Waals surface area contributed by atoms with E-state index in [1.807, 2.05) is 18.2 Å². The quantitative estimate of drug-likeness (QED) is 0.916. The second-order valence-electron chi connectivity index (χ2n) is 6.32. The molecule has 0 spiro atoms. The van der Waals surface area contributed by atoms with Crippen molar-refractivity contribution in [3.8, 4) is 16.9 Å². The van der Waals surface area contributed by atoms with Crippen LogP contribution in [0.5, 0.6) is 5.75 Å². The van der Waals surface area contributed by atoms with Gasteiger partial charge in [-0.1, -0.05) is 42.5 Å². The highest BCUT2D eigenvalue weighted by molar-refractivity contribution is 5.70. The molecule has 3 heteroatoms. The van der Waals surface area contributed by atoms with Crippen LogP contribution >= 0.6 is 0 Å². The first kappa shape index (κ1) is 16.0. The lowest BCUT2D eigenvalue weighted by Crippen LogP contribution is -2.36. The Balaban J connectivity index is 1.70. The Kier molecular flexibility index (Phi) is 5.31. The smallest absolute Gasteiger partial charge is 0.126 e. The molecule has 23 heavy (non-hydrogen) atoms. The molecule has 0 aromatic heterocycles. The van der Waals surface area contributed by atoms with Crippen molar-refractivity contribution in [2.45, 2.75) is 19.4 Å². The van der Waals surface area contributed by atoms with Crippen LogP contribution in [0, 0.1) is 5.92 Å². The molecule has 3 rings (SSSR count). The van der Waals surface area contributed by atoms with Crippen LogP contribution in [0.25, 0.3) is 11.1 Å². The third-order valence-corrected chi connectivity index (χ3v) is 4.64. The van der Waals surface area contributed by atoms with Crippen molar-refractivity contribution in [3.63, 3.8) is 0 Å². The molecule has 3 nitrogen and oxygen atoms in total. The van der Waals surface area contributed by atoms with Gasteiger partial charge in [0.25, 0.3) is 0 Å². The maximum Gasteiger partial charge on any atom is 0.126 e. The molecule has 1 atom stereocenters. The summed E-state index contributed by atoms with van der Waals surface area (Å²) in [6, 6.07) is 16.8. The van der Waals surface area contributed by atoms with Gasteiger partial charge in [-0.25, -0.2) is 0 Å². The molecule has 1 N–H and O–H groups in total. The lowest BCUT2D eigenvalue weighted by Gasteiger charge is -2.31. The molecule has 1 aliphatic rings. The fourth-order valence-corrected chi connectivity index (χ4v) is 3.37. The van der Waals surface area contributed by atoms with Crippen LogP contribution < -0.4 is 4.74 Å². The van der Waals surface area contributed by atoms with Crippen LogP contribution in [-0.2, 0) is 6.54 Å². The highest BCUT2D eigenvalue weighted by Gasteiger charge is 2.19. The maximum absolute atomic E-state index is 9.35. The first-order valence-electron chi connectivity index (χ1n) is 8.35. The van der Waals surface area contributed by atoms with E-state index >= 15 is 0 Å². The highest BCUT2D eigenvalue weighted by atomic mass is 16.5. The number of aliphatic hydroxyl groups is 1. The van der Waals surface area contributed by atoms with E-state index in [9.17, 15) is 5.11 Å². The molecular formula is C20H25NO2. The minimum absolute atomic E-state index is 0.309. The molecule has 2 aromatic carbocycles. The average molecular weight is 311 g/mol. The number of rotatable bonds is 5. The molecular weight excluding hydrogens is 286 g/mol. The maximum atomic E-state index is 9.35. The number of benzene rings is 2. The zero-order chi connectivity index (χ0) is 16.1. The van der Waals surface area contributed by atoms with Gasteiger partial charge in [-0.3, -0.25) is 4.90 Å². The molecule has 0 amide bonds. The van der Waals surface area contributed by atoms with Crippen molar-refractivity contribution in [3.05, 3.63) is 54.1 Å². The van der Waals surface area contributed by atoms with Crippen molar-refractivity contribution in [2.75, 3.05) is 26.8 Å². The number of hydrogen-bond acceptors (Lipinski definition) is 3. The minimum atomic E-state index is 0.309. The molecule has 122 valence electrons. The van der Waals surface area contributed by atoms with Crippen LogP contribution in [0.2, 0.25) is 0 Å². The van der Waals surface area contributed by atoms with E-state index in [4.69, 9.17) is 4.74 Å². The van der Waals surface area contributed by atoms with E-state index in [1.54, 1.807) is 7.11 Å². The third kappa shape index (κ3) is 3.92. The van der Waals surface area contributed by atoms with Crippen molar-refractivity contribution >= 4 is 0 Å². The van der Waals surface area contributed by atoms with Gasteiger partial charge in [-0.2, -0.15) is 0 Å². The van der Waals surface area contributed by atoms with E-state index in [0.717, 1.165) is 37.4 Å². The van der Waals surface area contributed by atoms with Crippen molar-refractivity contribution < 1.29 is 9.84 Å². The fraction of sp³-hybridized carbons (Fsp3) is 0.400. The van der Waals surface area contributed by atoms with E-state index < -0.39 is 0 Å².